The van der Waals surface area contributed by atoms with E-state index >= 15 is 0 Å². The first-order valence-corrected chi connectivity index (χ1v) is 5.32. The van der Waals surface area contributed by atoms with E-state index in [9.17, 15) is 5.11 Å². The summed E-state index contributed by atoms with van der Waals surface area (Å²) in [4.78, 5) is 0. The van der Waals surface area contributed by atoms with Gasteiger partial charge < -0.3 is 5.11 Å². The molecule has 0 aliphatic rings. The minimum absolute atomic E-state index is 0.276. The van der Waals surface area contributed by atoms with E-state index in [1.165, 1.54) is 5.56 Å². The Bertz CT molecular complexity index is 307. The Morgan fingerprint density at radius 3 is 2.57 bits per heavy atom. The second-order valence-electron chi connectivity index (χ2n) is 4.01. The highest BCUT2D eigenvalue weighted by atomic mass is 35.5. The van der Waals surface area contributed by atoms with Crippen molar-refractivity contribution in [2.24, 2.45) is 0 Å². The van der Waals surface area contributed by atoms with Crippen molar-refractivity contribution in [1.82, 2.24) is 0 Å². The van der Waals surface area contributed by atoms with E-state index < -0.39 is 0 Å². The van der Waals surface area contributed by atoms with Crippen molar-refractivity contribution in [2.75, 3.05) is 0 Å². The molecule has 0 aromatic heterocycles. The van der Waals surface area contributed by atoms with Gasteiger partial charge in [0.25, 0.3) is 0 Å². The summed E-state index contributed by atoms with van der Waals surface area (Å²) in [5, 5.41) is 10.1. The van der Waals surface area contributed by atoms with Crippen molar-refractivity contribution in [2.45, 2.75) is 39.2 Å². The SMILES string of the molecule is Cc1ccc(Cl)c(C(C)CC(C)O)c1. The highest BCUT2D eigenvalue weighted by Gasteiger charge is 2.11. The highest BCUT2D eigenvalue weighted by molar-refractivity contribution is 6.31. The molecule has 0 aliphatic heterocycles. The lowest BCUT2D eigenvalue weighted by Crippen LogP contribution is -2.06. The molecule has 0 aliphatic carbocycles. The van der Waals surface area contributed by atoms with E-state index in [2.05, 4.69) is 19.9 Å². The monoisotopic (exact) mass is 212 g/mol. The number of benzene rings is 1. The quantitative estimate of drug-likeness (QED) is 0.813. The van der Waals surface area contributed by atoms with Crippen LogP contribution in [-0.4, -0.2) is 11.2 Å². The van der Waals surface area contributed by atoms with Crippen molar-refractivity contribution in [1.29, 1.82) is 0 Å². The smallest absolute Gasteiger partial charge is 0.0517 e. The van der Waals surface area contributed by atoms with Crippen molar-refractivity contribution >= 4 is 11.6 Å². The average molecular weight is 213 g/mol. The van der Waals surface area contributed by atoms with E-state index in [-0.39, 0.29) is 6.10 Å². The van der Waals surface area contributed by atoms with Gasteiger partial charge in [0.1, 0.15) is 0 Å². The number of aliphatic hydroxyl groups excluding tert-OH is 1. The summed E-state index contributed by atoms with van der Waals surface area (Å²) in [5.41, 5.74) is 2.34. The molecule has 0 radical (unpaired) electrons. The number of halogens is 1. The van der Waals surface area contributed by atoms with E-state index in [1.54, 1.807) is 6.92 Å². The third-order valence-electron chi connectivity index (χ3n) is 2.38. The second-order valence-corrected chi connectivity index (χ2v) is 4.42. The lowest BCUT2D eigenvalue weighted by molar-refractivity contribution is 0.176. The molecule has 1 aromatic rings. The van der Waals surface area contributed by atoms with E-state index in [4.69, 9.17) is 11.6 Å². The first-order valence-electron chi connectivity index (χ1n) is 4.95. The van der Waals surface area contributed by atoms with Crippen LogP contribution in [0, 0.1) is 6.92 Å². The van der Waals surface area contributed by atoms with Gasteiger partial charge in [-0.05, 0) is 37.8 Å². The van der Waals surface area contributed by atoms with E-state index in [0.717, 1.165) is 17.0 Å². The standard InChI is InChI=1S/C12H17ClO/c1-8-4-5-12(13)11(6-8)9(2)7-10(3)14/h4-6,9-10,14H,7H2,1-3H3. The molecule has 0 fully saturated rings. The molecule has 78 valence electrons. The molecule has 0 saturated heterocycles. The fourth-order valence-electron chi connectivity index (χ4n) is 1.68. The Balaban J connectivity index is 2.88. The van der Waals surface area contributed by atoms with Gasteiger partial charge in [-0.15, -0.1) is 0 Å². The summed E-state index contributed by atoms with van der Waals surface area (Å²) in [6, 6.07) is 6.01. The van der Waals surface area contributed by atoms with Crippen molar-refractivity contribution in [3.05, 3.63) is 34.3 Å². The van der Waals surface area contributed by atoms with Crippen LogP contribution in [0.4, 0.5) is 0 Å². The topological polar surface area (TPSA) is 20.2 Å². The first-order chi connectivity index (χ1) is 6.50. The van der Waals surface area contributed by atoms with Crippen LogP contribution in [0.5, 0.6) is 0 Å². The normalized spacial score (nSPS) is 15.2. The van der Waals surface area contributed by atoms with Crippen LogP contribution in [0.15, 0.2) is 18.2 Å². The van der Waals surface area contributed by atoms with Crippen LogP contribution in [0.1, 0.15) is 37.3 Å². The molecule has 2 unspecified atom stereocenters. The lowest BCUT2D eigenvalue weighted by Gasteiger charge is -2.15. The van der Waals surface area contributed by atoms with Crippen molar-refractivity contribution in [3.63, 3.8) is 0 Å². The minimum atomic E-state index is -0.276. The number of aryl methyl sites for hydroxylation is 1. The molecular weight excluding hydrogens is 196 g/mol. The Labute approximate surface area is 90.7 Å². The van der Waals surface area contributed by atoms with Crippen LogP contribution in [0.25, 0.3) is 0 Å². The van der Waals surface area contributed by atoms with Crippen molar-refractivity contribution < 1.29 is 5.11 Å². The minimum Gasteiger partial charge on any atom is -0.393 e. The zero-order chi connectivity index (χ0) is 10.7. The van der Waals surface area contributed by atoms with Crippen LogP contribution in [0.2, 0.25) is 5.02 Å². The van der Waals surface area contributed by atoms with E-state index in [1.807, 2.05) is 12.1 Å². The van der Waals surface area contributed by atoms with Gasteiger partial charge in [0.2, 0.25) is 0 Å². The lowest BCUT2D eigenvalue weighted by atomic mass is 9.94. The fourth-order valence-corrected chi connectivity index (χ4v) is 1.98. The molecule has 2 atom stereocenters. The second kappa shape index (κ2) is 4.81. The summed E-state index contributed by atoms with van der Waals surface area (Å²) >= 11 is 6.09. The Morgan fingerprint density at radius 2 is 2.00 bits per heavy atom. The van der Waals surface area contributed by atoms with Gasteiger partial charge in [0, 0.05) is 5.02 Å². The maximum absolute atomic E-state index is 9.30. The summed E-state index contributed by atoms with van der Waals surface area (Å²) in [6.07, 6.45) is 0.477. The largest absolute Gasteiger partial charge is 0.393 e. The van der Waals surface area contributed by atoms with Gasteiger partial charge in [-0.25, -0.2) is 0 Å². The molecule has 1 N–H and O–H groups in total. The van der Waals surface area contributed by atoms with Crippen LogP contribution in [-0.2, 0) is 0 Å². The van der Waals surface area contributed by atoms with Gasteiger partial charge in [-0.2, -0.15) is 0 Å². The number of aliphatic hydroxyl groups is 1. The average Bonchev–Trinajstić information content (AvgIpc) is 2.08. The number of rotatable bonds is 3. The molecule has 0 amide bonds. The summed E-state index contributed by atoms with van der Waals surface area (Å²) in [7, 11) is 0. The number of hydrogen-bond acceptors (Lipinski definition) is 1. The van der Waals surface area contributed by atoms with Crippen LogP contribution >= 0.6 is 11.6 Å². The van der Waals surface area contributed by atoms with Gasteiger partial charge in [-0.1, -0.05) is 36.2 Å². The molecular formula is C12H17ClO. The molecule has 14 heavy (non-hydrogen) atoms. The predicted molar refractivity (Wildman–Crippen MR) is 60.9 cm³/mol. The molecule has 0 spiro atoms. The third kappa shape index (κ3) is 3.00. The molecule has 0 bridgehead atoms. The Kier molecular flexibility index (Phi) is 3.97. The summed E-state index contributed by atoms with van der Waals surface area (Å²) < 4.78 is 0. The predicted octanol–water partition coefficient (Wildman–Crippen LogP) is 3.52. The maximum atomic E-state index is 9.30. The fraction of sp³-hybridized carbons (Fsp3) is 0.500. The zero-order valence-electron chi connectivity index (χ0n) is 8.92. The first kappa shape index (κ1) is 11.5. The van der Waals surface area contributed by atoms with Crippen LogP contribution in [0.3, 0.4) is 0 Å². The Hall–Kier alpha value is -0.530. The highest BCUT2D eigenvalue weighted by Crippen LogP contribution is 2.28. The summed E-state index contributed by atoms with van der Waals surface area (Å²) in [6.45, 7) is 5.95. The number of hydrogen-bond donors (Lipinski definition) is 1. The summed E-state index contributed by atoms with van der Waals surface area (Å²) in [5.74, 6) is 0.308. The van der Waals surface area contributed by atoms with Crippen LogP contribution < -0.4 is 0 Å². The molecule has 1 nitrogen and oxygen atoms in total. The van der Waals surface area contributed by atoms with Gasteiger partial charge in [0.05, 0.1) is 6.10 Å². The molecule has 0 heterocycles. The van der Waals surface area contributed by atoms with E-state index in [0.29, 0.717) is 5.92 Å². The molecule has 1 rings (SSSR count). The maximum Gasteiger partial charge on any atom is 0.0517 e. The Morgan fingerprint density at radius 1 is 1.36 bits per heavy atom. The van der Waals surface area contributed by atoms with Gasteiger partial charge >= 0.3 is 0 Å². The van der Waals surface area contributed by atoms with Gasteiger partial charge in [-0.3, -0.25) is 0 Å². The van der Waals surface area contributed by atoms with Gasteiger partial charge in [0.15, 0.2) is 0 Å². The van der Waals surface area contributed by atoms with Crippen molar-refractivity contribution in [3.8, 4) is 0 Å². The molecule has 0 saturated carbocycles. The third-order valence-corrected chi connectivity index (χ3v) is 2.72. The molecule has 2 heteroatoms. The zero-order valence-corrected chi connectivity index (χ0v) is 9.67. The molecule has 1 aromatic carbocycles.